The zero-order chi connectivity index (χ0) is 17.0. The first kappa shape index (κ1) is 17.2. The van der Waals surface area contributed by atoms with E-state index in [4.69, 9.17) is 0 Å². The van der Waals surface area contributed by atoms with Crippen LogP contribution in [0.2, 0.25) is 0 Å². The molecule has 2 rings (SSSR count). The molecular weight excluding hydrogens is 288 g/mol. The fourth-order valence-corrected chi connectivity index (χ4v) is 2.73. The fraction of sp³-hybridized carbons (Fsp3) is 0.444. The molecule has 0 bridgehead atoms. The van der Waals surface area contributed by atoms with E-state index in [2.05, 4.69) is 17.3 Å². The third-order valence-electron chi connectivity index (χ3n) is 4.18. The summed E-state index contributed by atoms with van der Waals surface area (Å²) >= 11 is 0. The lowest BCUT2D eigenvalue weighted by Gasteiger charge is -2.19. The molecule has 1 aromatic heterocycles. The molecule has 0 aliphatic rings. The van der Waals surface area contributed by atoms with Gasteiger partial charge in [0.2, 0.25) is 5.91 Å². The van der Waals surface area contributed by atoms with Crippen LogP contribution in [0.4, 0.5) is 0 Å². The summed E-state index contributed by atoms with van der Waals surface area (Å²) < 4.78 is 1.88. The molecule has 0 radical (unpaired) electrons. The Morgan fingerprint density at radius 1 is 1.30 bits per heavy atom. The third-order valence-corrected chi connectivity index (χ3v) is 4.18. The van der Waals surface area contributed by atoms with Crippen molar-refractivity contribution in [2.75, 3.05) is 13.6 Å². The minimum Gasteiger partial charge on any atom is -0.348 e. The normalized spacial score (nSPS) is 12.4. The Morgan fingerprint density at radius 3 is 2.52 bits per heavy atom. The maximum absolute atomic E-state index is 12.2. The van der Waals surface area contributed by atoms with Crippen molar-refractivity contribution < 1.29 is 4.79 Å². The van der Waals surface area contributed by atoms with Crippen LogP contribution in [-0.2, 0) is 18.4 Å². The van der Waals surface area contributed by atoms with Gasteiger partial charge in [0.25, 0.3) is 0 Å². The lowest BCUT2D eigenvalue weighted by molar-refractivity contribution is -0.122. The van der Waals surface area contributed by atoms with Crippen LogP contribution in [0.15, 0.2) is 30.3 Å². The summed E-state index contributed by atoms with van der Waals surface area (Å²) in [5.74, 6) is 0.0306. The summed E-state index contributed by atoms with van der Waals surface area (Å²) in [7, 11) is 3.90. The average Bonchev–Trinajstić information content (AvgIpc) is 2.74. The third kappa shape index (κ3) is 4.42. The van der Waals surface area contributed by atoms with Crippen molar-refractivity contribution >= 4 is 5.91 Å². The number of amides is 1. The Hall–Kier alpha value is -2.14. The molecule has 124 valence electrons. The fourth-order valence-electron chi connectivity index (χ4n) is 2.73. The number of hydrogen-bond acceptors (Lipinski definition) is 3. The van der Waals surface area contributed by atoms with Gasteiger partial charge in [0.05, 0.1) is 18.3 Å². The van der Waals surface area contributed by atoms with Crippen molar-refractivity contribution in [2.45, 2.75) is 33.4 Å². The van der Waals surface area contributed by atoms with E-state index in [0.717, 1.165) is 23.5 Å². The summed E-state index contributed by atoms with van der Waals surface area (Å²) in [5, 5.41) is 7.47. The predicted octanol–water partition coefficient (Wildman–Crippen LogP) is 2.35. The van der Waals surface area contributed by atoms with Crippen molar-refractivity contribution in [3.05, 3.63) is 52.8 Å². The Bertz CT molecular complexity index is 663. The van der Waals surface area contributed by atoms with Crippen LogP contribution in [0.5, 0.6) is 0 Å². The van der Waals surface area contributed by atoms with Gasteiger partial charge < -0.3 is 5.32 Å². The first-order valence-electron chi connectivity index (χ1n) is 7.90. The van der Waals surface area contributed by atoms with Crippen LogP contribution in [0, 0.1) is 13.8 Å². The number of carbonyl (C=O) groups excluding carboxylic acids is 1. The van der Waals surface area contributed by atoms with E-state index in [9.17, 15) is 4.79 Å². The van der Waals surface area contributed by atoms with Gasteiger partial charge in [-0.3, -0.25) is 14.4 Å². The van der Waals surface area contributed by atoms with Crippen molar-refractivity contribution in [1.82, 2.24) is 20.0 Å². The number of hydrogen-bond donors (Lipinski definition) is 1. The zero-order valence-corrected chi connectivity index (χ0v) is 14.6. The number of rotatable bonds is 6. The smallest absolute Gasteiger partial charge is 0.234 e. The predicted molar refractivity (Wildman–Crippen MR) is 92.0 cm³/mol. The summed E-state index contributed by atoms with van der Waals surface area (Å²) in [6.45, 7) is 7.15. The van der Waals surface area contributed by atoms with Crippen molar-refractivity contribution in [1.29, 1.82) is 0 Å². The molecule has 1 aromatic carbocycles. The number of nitrogens with zero attached hydrogens (tertiary/aromatic N) is 3. The molecule has 1 amide bonds. The zero-order valence-electron chi connectivity index (χ0n) is 14.6. The van der Waals surface area contributed by atoms with Crippen molar-refractivity contribution in [2.24, 2.45) is 7.05 Å². The maximum atomic E-state index is 12.2. The summed E-state index contributed by atoms with van der Waals surface area (Å²) in [6, 6.07) is 10.0. The SMILES string of the molecule is Cc1nn(C)c(C)c1CN(C)CC(=O)NC(C)c1ccccc1. The number of benzene rings is 1. The molecule has 0 saturated heterocycles. The average molecular weight is 314 g/mol. The summed E-state index contributed by atoms with van der Waals surface area (Å²) in [6.07, 6.45) is 0. The monoisotopic (exact) mass is 314 g/mol. The molecule has 1 unspecified atom stereocenters. The van der Waals surface area contributed by atoms with Gasteiger partial charge in [-0.25, -0.2) is 0 Å². The molecule has 0 spiro atoms. The lowest BCUT2D eigenvalue weighted by atomic mass is 10.1. The largest absolute Gasteiger partial charge is 0.348 e. The molecule has 5 heteroatoms. The topological polar surface area (TPSA) is 50.2 Å². The molecule has 2 aromatic rings. The van der Waals surface area contributed by atoms with Gasteiger partial charge in [0.1, 0.15) is 0 Å². The van der Waals surface area contributed by atoms with E-state index >= 15 is 0 Å². The maximum Gasteiger partial charge on any atom is 0.234 e. The highest BCUT2D eigenvalue weighted by molar-refractivity contribution is 5.78. The lowest BCUT2D eigenvalue weighted by Crippen LogP contribution is -2.36. The number of likely N-dealkylation sites (N-methyl/N-ethyl adjacent to an activating group) is 1. The van der Waals surface area contributed by atoms with Crippen LogP contribution in [0.3, 0.4) is 0 Å². The highest BCUT2D eigenvalue weighted by Crippen LogP contribution is 2.14. The standard InChI is InChI=1S/C18H26N4O/c1-13(16-9-7-6-8-10-16)19-18(23)12-21(4)11-17-14(2)20-22(5)15(17)3/h6-10,13H,11-12H2,1-5H3,(H,19,23). The van der Waals surface area contributed by atoms with Crippen molar-refractivity contribution in [3.63, 3.8) is 0 Å². The van der Waals surface area contributed by atoms with Gasteiger partial charge >= 0.3 is 0 Å². The molecule has 0 aliphatic carbocycles. The number of carbonyl (C=O) groups is 1. The highest BCUT2D eigenvalue weighted by Gasteiger charge is 2.15. The molecular formula is C18H26N4O. The van der Waals surface area contributed by atoms with Gasteiger partial charge in [-0.2, -0.15) is 5.10 Å². The molecule has 23 heavy (non-hydrogen) atoms. The summed E-state index contributed by atoms with van der Waals surface area (Å²) in [4.78, 5) is 14.2. The molecule has 1 atom stereocenters. The van der Waals surface area contributed by atoms with Crippen LogP contribution < -0.4 is 5.32 Å². The number of nitrogens with one attached hydrogen (secondary N) is 1. The summed E-state index contributed by atoms with van der Waals surface area (Å²) in [5.41, 5.74) is 4.48. The molecule has 0 saturated carbocycles. The van der Waals surface area contributed by atoms with Crippen LogP contribution in [-0.4, -0.2) is 34.2 Å². The molecule has 5 nitrogen and oxygen atoms in total. The minimum atomic E-state index is 0.0129. The van der Waals surface area contributed by atoms with Gasteiger partial charge in [-0.05, 0) is 33.4 Å². The molecule has 0 fully saturated rings. The van der Waals surface area contributed by atoms with Gasteiger partial charge in [-0.15, -0.1) is 0 Å². The quantitative estimate of drug-likeness (QED) is 0.890. The van der Waals surface area contributed by atoms with E-state index < -0.39 is 0 Å². The molecule has 0 aliphatic heterocycles. The van der Waals surface area contributed by atoms with E-state index in [1.54, 1.807) is 0 Å². The first-order valence-corrected chi connectivity index (χ1v) is 7.90. The van der Waals surface area contributed by atoms with Crippen LogP contribution in [0.25, 0.3) is 0 Å². The van der Waals surface area contributed by atoms with E-state index in [-0.39, 0.29) is 11.9 Å². The van der Waals surface area contributed by atoms with Gasteiger partial charge in [0.15, 0.2) is 0 Å². The van der Waals surface area contributed by atoms with E-state index in [0.29, 0.717) is 6.54 Å². The Labute approximate surface area is 138 Å². The first-order chi connectivity index (χ1) is 10.9. The van der Waals surface area contributed by atoms with E-state index in [1.165, 1.54) is 5.56 Å². The van der Waals surface area contributed by atoms with Gasteiger partial charge in [0, 0.05) is 24.8 Å². The molecule has 1 N–H and O–H groups in total. The highest BCUT2D eigenvalue weighted by atomic mass is 16.2. The van der Waals surface area contributed by atoms with Crippen molar-refractivity contribution in [3.8, 4) is 0 Å². The van der Waals surface area contributed by atoms with Crippen LogP contribution >= 0.6 is 0 Å². The van der Waals surface area contributed by atoms with Crippen LogP contribution in [0.1, 0.15) is 35.5 Å². The van der Waals surface area contributed by atoms with E-state index in [1.807, 2.05) is 67.9 Å². The number of aryl methyl sites for hydroxylation is 2. The van der Waals surface area contributed by atoms with Gasteiger partial charge in [-0.1, -0.05) is 30.3 Å². The number of aromatic nitrogens is 2. The molecule has 1 heterocycles. The second kappa shape index (κ2) is 7.42. The minimum absolute atomic E-state index is 0.0129. The second-order valence-electron chi connectivity index (χ2n) is 6.15. The Morgan fingerprint density at radius 2 is 1.96 bits per heavy atom. The Kier molecular flexibility index (Phi) is 5.55. The Balaban J connectivity index is 1.90. The second-order valence-corrected chi connectivity index (χ2v) is 6.15.